The van der Waals surface area contributed by atoms with E-state index in [1.54, 1.807) is 18.3 Å². The number of likely N-dealkylation sites (tertiary alicyclic amines) is 1. The normalized spacial score (nSPS) is 19.0. The van der Waals surface area contributed by atoms with Gasteiger partial charge >= 0.3 is 6.03 Å². The molecule has 1 aliphatic rings. The van der Waals surface area contributed by atoms with E-state index >= 15 is 0 Å². The van der Waals surface area contributed by atoms with E-state index in [0.29, 0.717) is 18.3 Å². The van der Waals surface area contributed by atoms with Crippen LogP contribution in [0.5, 0.6) is 0 Å². The van der Waals surface area contributed by atoms with Gasteiger partial charge in [-0.25, -0.2) is 4.79 Å². The number of hydrogen-bond donors (Lipinski definition) is 1. The average Bonchev–Trinajstić information content (AvgIpc) is 2.64. The Morgan fingerprint density at radius 3 is 2.96 bits per heavy atom. The Balaban J connectivity index is 1.63. The molecule has 0 bridgehead atoms. The lowest BCUT2D eigenvalue weighted by atomic mass is 9.91. The molecule has 1 aromatic carbocycles. The summed E-state index contributed by atoms with van der Waals surface area (Å²) in [6, 6.07) is 12.0. The Labute approximate surface area is 148 Å². The van der Waals surface area contributed by atoms with Gasteiger partial charge in [0.2, 0.25) is 0 Å². The third kappa shape index (κ3) is 4.44. The van der Waals surface area contributed by atoms with Gasteiger partial charge in [0.15, 0.2) is 5.82 Å². The summed E-state index contributed by atoms with van der Waals surface area (Å²) in [5, 5.41) is 10.5. The quantitative estimate of drug-likeness (QED) is 0.922. The van der Waals surface area contributed by atoms with Gasteiger partial charge in [-0.15, -0.1) is 5.10 Å². The summed E-state index contributed by atoms with van der Waals surface area (Å²) < 4.78 is 0. The van der Waals surface area contributed by atoms with Crippen molar-refractivity contribution in [3.63, 3.8) is 0 Å². The van der Waals surface area contributed by atoms with Gasteiger partial charge in [0.05, 0.1) is 0 Å². The number of nitrogens with one attached hydrogen (secondary N) is 1. The van der Waals surface area contributed by atoms with Gasteiger partial charge in [0.25, 0.3) is 0 Å². The van der Waals surface area contributed by atoms with Crippen LogP contribution >= 0.6 is 0 Å². The molecule has 0 spiro atoms. The SMILES string of the molecule is CCc1cccc(/C=C2\CCN(C(=O)Nc3cccnn3)CC2C)c1. The van der Waals surface area contributed by atoms with Gasteiger partial charge in [-0.2, -0.15) is 5.10 Å². The minimum Gasteiger partial charge on any atom is -0.324 e. The molecule has 0 aliphatic carbocycles. The van der Waals surface area contributed by atoms with Gasteiger partial charge in [-0.3, -0.25) is 5.32 Å². The van der Waals surface area contributed by atoms with Crippen molar-refractivity contribution in [2.75, 3.05) is 18.4 Å². The summed E-state index contributed by atoms with van der Waals surface area (Å²) in [6.45, 7) is 5.78. The third-order valence-electron chi connectivity index (χ3n) is 4.60. The molecule has 0 radical (unpaired) electrons. The number of aryl methyl sites for hydroxylation is 1. The second kappa shape index (κ2) is 7.92. The van der Waals surface area contributed by atoms with Crippen molar-refractivity contribution in [1.82, 2.24) is 15.1 Å². The first-order valence-corrected chi connectivity index (χ1v) is 8.78. The van der Waals surface area contributed by atoms with Crippen LogP contribution in [-0.4, -0.2) is 34.2 Å². The van der Waals surface area contributed by atoms with E-state index in [4.69, 9.17) is 0 Å². The molecule has 2 amide bonds. The zero-order valence-corrected chi connectivity index (χ0v) is 14.8. The largest absolute Gasteiger partial charge is 0.324 e. The van der Waals surface area contributed by atoms with Gasteiger partial charge in [-0.05, 0) is 42.0 Å². The monoisotopic (exact) mass is 336 g/mol. The molecule has 1 aliphatic heterocycles. The lowest BCUT2D eigenvalue weighted by molar-refractivity contribution is 0.197. The number of hydrogen-bond acceptors (Lipinski definition) is 3. The molecule has 1 unspecified atom stereocenters. The first-order valence-electron chi connectivity index (χ1n) is 8.78. The smallest absolute Gasteiger partial charge is 0.323 e. The molecule has 1 saturated heterocycles. The van der Waals surface area contributed by atoms with E-state index in [0.717, 1.165) is 19.4 Å². The highest BCUT2D eigenvalue weighted by atomic mass is 16.2. The van der Waals surface area contributed by atoms with E-state index in [-0.39, 0.29) is 6.03 Å². The molecule has 1 N–H and O–H groups in total. The zero-order valence-electron chi connectivity index (χ0n) is 14.8. The molecular formula is C20H24N4O. The van der Waals surface area contributed by atoms with Crippen LogP contribution in [0.25, 0.3) is 6.08 Å². The minimum absolute atomic E-state index is 0.112. The van der Waals surface area contributed by atoms with Crippen LogP contribution in [0.4, 0.5) is 10.6 Å². The molecular weight excluding hydrogens is 312 g/mol. The predicted octanol–water partition coefficient (Wildman–Crippen LogP) is 4.00. The maximum Gasteiger partial charge on any atom is 0.323 e. The number of urea groups is 1. The number of carbonyl (C=O) groups excluding carboxylic acids is 1. The Morgan fingerprint density at radius 1 is 1.36 bits per heavy atom. The molecule has 5 heteroatoms. The molecule has 1 aromatic heterocycles. The molecule has 1 atom stereocenters. The zero-order chi connectivity index (χ0) is 17.6. The second-order valence-corrected chi connectivity index (χ2v) is 6.45. The second-order valence-electron chi connectivity index (χ2n) is 6.45. The van der Waals surface area contributed by atoms with Crippen molar-refractivity contribution in [3.05, 3.63) is 59.3 Å². The molecule has 5 nitrogen and oxygen atoms in total. The number of rotatable bonds is 3. The van der Waals surface area contributed by atoms with Crippen LogP contribution in [0.2, 0.25) is 0 Å². The van der Waals surface area contributed by atoms with Crippen LogP contribution in [0.3, 0.4) is 0 Å². The van der Waals surface area contributed by atoms with Crippen molar-refractivity contribution in [2.45, 2.75) is 26.7 Å². The summed E-state index contributed by atoms with van der Waals surface area (Å²) in [4.78, 5) is 14.2. The Hall–Kier alpha value is -2.69. The fourth-order valence-corrected chi connectivity index (χ4v) is 3.12. The number of amides is 2. The van der Waals surface area contributed by atoms with Gasteiger partial charge in [0, 0.05) is 19.3 Å². The van der Waals surface area contributed by atoms with Gasteiger partial charge in [0.1, 0.15) is 0 Å². The summed E-state index contributed by atoms with van der Waals surface area (Å²) >= 11 is 0. The van der Waals surface area contributed by atoms with Crippen LogP contribution in [-0.2, 0) is 6.42 Å². The van der Waals surface area contributed by atoms with Crippen molar-refractivity contribution >= 4 is 17.9 Å². The van der Waals surface area contributed by atoms with E-state index in [1.807, 2.05) is 4.90 Å². The highest BCUT2D eigenvalue weighted by Crippen LogP contribution is 2.25. The average molecular weight is 336 g/mol. The maximum atomic E-state index is 12.4. The fourth-order valence-electron chi connectivity index (χ4n) is 3.12. The maximum absolute atomic E-state index is 12.4. The standard InChI is InChI=1S/C20H24N4O/c1-3-16-6-4-7-17(12-16)13-18-9-11-24(14-15(18)2)20(25)22-19-8-5-10-21-23-19/h4-8,10,12-13,15H,3,9,11,14H2,1-2H3,(H,22,23,25)/b18-13+. The van der Waals surface area contributed by atoms with Crippen LogP contribution in [0.1, 0.15) is 31.4 Å². The molecule has 130 valence electrons. The lowest BCUT2D eigenvalue weighted by Gasteiger charge is -2.33. The van der Waals surface area contributed by atoms with Crippen LogP contribution in [0, 0.1) is 5.92 Å². The number of anilines is 1. The lowest BCUT2D eigenvalue weighted by Crippen LogP contribution is -2.42. The molecule has 3 rings (SSSR count). The predicted molar refractivity (Wildman–Crippen MR) is 100 cm³/mol. The number of piperidine rings is 1. The first-order chi connectivity index (χ1) is 12.2. The van der Waals surface area contributed by atoms with E-state index < -0.39 is 0 Å². The van der Waals surface area contributed by atoms with Crippen LogP contribution < -0.4 is 5.32 Å². The Bertz CT molecular complexity index is 757. The third-order valence-corrected chi connectivity index (χ3v) is 4.60. The molecule has 25 heavy (non-hydrogen) atoms. The molecule has 1 fully saturated rings. The molecule has 2 heterocycles. The summed E-state index contributed by atoms with van der Waals surface area (Å²) in [6.07, 6.45) is 5.80. The summed E-state index contributed by atoms with van der Waals surface area (Å²) in [5.74, 6) is 0.824. The van der Waals surface area contributed by atoms with E-state index in [2.05, 4.69) is 59.7 Å². The molecule has 0 saturated carbocycles. The highest BCUT2D eigenvalue weighted by molar-refractivity contribution is 5.88. The van der Waals surface area contributed by atoms with E-state index in [1.165, 1.54) is 16.7 Å². The highest BCUT2D eigenvalue weighted by Gasteiger charge is 2.24. The van der Waals surface area contributed by atoms with Crippen molar-refractivity contribution < 1.29 is 4.79 Å². The van der Waals surface area contributed by atoms with Gasteiger partial charge in [-0.1, -0.05) is 49.8 Å². The topological polar surface area (TPSA) is 58.1 Å². The van der Waals surface area contributed by atoms with Gasteiger partial charge < -0.3 is 4.90 Å². The number of benzene rings is 1. The molecule has 2 aromatic rings. The number of carbonyl (C=O) groups is 1. The van der Waals surface area contributed by atoms with Crippen molar-refractivity contribution in [2.24, 2.45) is 5.92 Å². The number of nitrogens with zero attached hydrogens (tertiary/aromatic N) is 3. The van der Waals surface area contributed by atoms with Crippen molar-refractivity contribution in [1.29, 1.82) is 0 Å². The first kappa shape index (κ1) is 17.1. The number of aromatic nitrogens is 2. The Morgan fingerprint density at radius 2 is 2.24 bits per heavy atom. The summed E-state index contributed by atoms with van der Waals surface area (Å²) in [5.41, 5.74) is 4.00. The van der Waals surface area contributed by atoms with Crippen molar-refractivity contribution in [3.8, 4) is 0 Å². The van der Waals surface area contributed by atoms with E-state index in [9.17, 15) is 4.79 Å². The fraction of sp³-hybridized carbons (Fsp3) is 0.350. The minimum atomic E-state index is -0.112. The van der Waals surface area contributed by atoms with Crippen LogP contribution in [0.15, 0.2) is 48.2 Å². The summed E-state index contributed by atoms with van der Waals surface area (Å²) in [7, 11) is 0. The Kier molecular flexibility index (Phi) is 5.43.